The molecule has 0 saturated carbocycles. The molecule has 118 valence electrons. The number of nitrogens with one attached hydrogen (secondary N) is 1. The molecular formula is C16H26BrN3O. The summed E-state index contributed by atoms with van der Waals surface area (Å²) in [5.74, 6) is 0.0259. The summed E-state index contributed by atoms with van der Waals surface area (Å²) in [6.07, 6.45) is 6.90. The van der Waals surface area contributed by atoms with Crippen molar-refractivity contribution in [2.75, 3.05) is 19.6 Å². The second-order valence-corrected chi connectivity index (χ2v) is 6.81. The highest BCUT2D eigenvalue weighted by molar-refractivity contribution is 9.10. The molecule has 1 N–H and O–H groups in total. The lowest BCUT2D eigenvalue weighted by atomic mass is 10.1. The van der Waals surface area contributed by atoms with Gasteiger partial charge in [0.2, 0.25) is 0 Å². The number of aryl methyl sites for hydroxylation is 1. The third-order valence-electron chi connectivity index (χ3n) is 4.13. The number of amides is 1. The van der Waals surface area contributed by atoms with Crippen LogP contribution >= 0.6 is 15.9 Å². The van der Waals surface area contributed by atoms with Gasteiger partial charge in [-0.1, -0.05) is 13.3 Å². The van der Waals surface area contributed by atoms with Crippen molar-refractivity contribution in [3.8, 4) is 0 Å². The van der Waals surface area contributed by atoms with Crippen LogP contribution in [-0.2, 0) is 6.54 Å². The van der Waals surface area contributed by atoms with Gasteiger partial charge < -0.3 is 9.88 Å². The smallest absolute Gasteiger partial charge is 0.268 e. The van der Waals surface area contributed by atoms with E-state index in [0.29, 0.717) is 12.6 Å². The first-order valence-electron chi connectivity index (χ1n) is 7.99. The van der Waals surface area contributed by atoms with Gasteiger partial charge in [0.15, 0.2) is 0 Å². The van der Waals surface area contributed by atoms with Gasteiger partial charge in [-0.05, 0) is 61.3 Å². The Bertz CT molecular complexity index is 466. The van der Waals surface area contributed by atoms with Gasteiger partial charge in [0, 0.05) is 29.8 Å². The molecule has 1 amide bonds. The van der Waals surface area contributed by atoms with Gasteiger partial charge in [0.05, 0.1) is 0 Å². The molecule has 1 aliphatic heterocycles. The van der Waals surface area contributed by atoms with Gasteiger partial charge >= 0.3 is 0 Å². The summed E-state index contributed by atoms with van der Waals surface area (Å²) in [6, 6.07) is 2.31. The van der Waals surface area contributed by atoms with Crippen molar-refractivity contribution in [2.45, 2.75) is 52.1 Å². The lowest BCUT2D eigenvalue weighted by Gasteiger charge is -2.32. The first kappa shape index (κ1) is 16.6. The SMILES string of the molecule is CCCn1cc(Br)cc1C(=O)NCC(C)N1CCCCC1. The van der Waals surface area contributed by atoms with Crippen LogP contribution < -0.4 is 5.32 Å². The van der Waals surface area contributed by atoms with E-state index in [9.17, 15) is 4.79 Å². The Balaban J connectivity index is 1.89. The lowest BCUT2D eigenvalue weighted by molar-refractivity contribution is 0.0920. The van der Waals surface area contributed by atoms with Crippen LogP contribution in [0.4, 0.5) is 0 Å². The Morgan fingerprint density at radius 3 is 2.76 bits per heavy atom. The number of likely N-dealkylation sites (tertiary alicyclic amines) is 1. The third kappa shape index (κ3) is 4.58. The summed E-state index contributed by atoms with van der Waals surface area (Å²) >= 11 is 3.45. The molecule has 2 rings (SSSR count). The molecule has 4 nitrogen and oxygen atoms in total. The van der Waals surface area contributed by atoms with Crippen LogP contribution in [0.2, 0.25) is 0 Å². The lowest BCUT2D eigenvalue weighted by Crippen LogP contribution is -2.44. The average Bonchev–Trinajstić information content (AvgIpc) is 2.86. The van der Waals surface area contributed by atoms with Crippen LogP contribution in [0.1, 0.15) is 50.0 Å². The summed E-state index contributed by atoms with van der Waals surface area (Å²) in [6.45, 7) is 8.23. The molecule has 0 radical (unpaired) electrons. The van der Waals surface area contributed by atoms with E-state index < -0.39 is 0 Å². The highest BCUT2D eigenvalue weighted by Crippen LogP contribution is 2.16. The highest BCUT2D eigenvalue weighted by Gasteiger charge is 2.18. The van der Waals surface area contributed by atoms with Crippen molar-refractivity contribution in [1.82, 2.24) is 14.8 Å². The zero-order valence-electron chi connectivity index (χ0n) is 13.1. The molecule has 21 heavy (non-hydrogen) atoms. The van der Waals surface area contributed by atoms with E-state index in [-0.39, 0.29) is 5.91 Å². The molecule has 0 bridgehead atoms. The van der Waals surface area contributed by atoms with Crippen molar-refractivity contribution in [2.24, 2.45) is 0 Å². The summed E-state index contributed by atoms with van der Waals surface area (Å²) in [5, 5.41) is 3.09. The molecule has 5 heteroatoms. The minimum Gasteiger partial charge on any atom is -0.349 e. The van der Waals surface area contributed by atoms with E-state index in [1.807, 2.05) is 16.8 Å². The van der Waals surface area contributed by atoms with Crippen molar-refractivity contribution in [3.63, 3.8) is 0 Å². The second kappa shape index (κ2) is 7.99. The number of halogens is 1. The van der Waals surface area contributed by atoms with Gasteiger partial charge in [0.1, 0.15) is 5.69 Å². The molecule has 1 fully saturated rings. The number of rotatable bonds is 6. The van der Waals surface area contributed by atoms with Gasteiger partial charge in [-0.15, -0.1) is 0 Å². The van der Waals surface area contributed by atoms with Crippen LogP contribution in [0.15, 0.2) is 16.7 Å². The van der Waals surface area contributed by atoms with E-state index in [1.54, 1.807) is 0 Å². The normalized spacial score (nSPS) is 17.7. The predicted octanol–water partition coefficient (Wildman–Crippen LogP) is 3.26. The molecule has 1 atom stereocenters. The third-order valence-corrected chi connectivity index (χ3v) is 4.57. The molecule has 1 aromatic heterocycles. The Morgan fingerprint density at radius 1 is 1.38 bits per heavy atom. The van der Waals surface area contributed by atoms with Crippen molar-refractivity contribution in [1.29, 1.82) is 0 Å². The second-order valence-electron chi connectivity index (χ2n) is 5.89. The van der Waals surface area contributed by atoms with E-state index in [2.05, 4.69) is 40.0 Å². The molecule has 1 unspecified atom stereocenters. The molecule has 1 saturated heterocycles. The van der Waals surface area contributed by atoms with Crippen LogP contribution in [0.25, 0.3) is 0 Å². The summed E-state index contributed by atoms with van der Waals surface area (Å²) in [7, 11) is 0. The maximum absolute atomic E-state index is 12.4. The standard InChI is InChI=1S/C16H26BrN3O/c1-3-7-20-12-14(17)10-15(20)16(21)18-11-13(2)19-8-5-4-6-9-19/h10,12-13H,3-9,11H2,1-2H3,(H,18,21). The van der Waals surface area contributed by atoms with E-state index >= 15 is 0 Å². The molecule has 1 aliphatic rings. The first-order chi connectivity index (χ1) is 10.1. The maximum Gasteiger partial charge on any atom is 0.268 e. The Morgan fingerprint density at radius 2 is 2.10 bits per heavy atom. The molecule has 0 aliphatic carbocycles. The minimum absolute atomic E-state index is 0.0259. The van der Waals surface area contributed by atoms with Crippen LogP contribution in [0.3, 0.4) is 0 Å². The summed E-state index contributed by atoms with van der Waals surface area (Å²) in [5.41, 5.74) is 0.745. The fourth-order valence-corrected chi connectivity index (χ4v) is 3.37. The number of nitrogens with zero attached hydrogens (tertiary/aromatic N) is 2. The summed E-state index contributed by atoms with van der Waals surface area (Å²) in [4.78, 5) is 14.8. The number of aromatic nitrogens is 1. The van der Waals surface area contributed by atoms with Crippen molar-refractivity contribution >= 4 is 21.8 Å². The minimum atomic E-state index is 0.0259. The largest absolute Gasteiger partial charge is 0.349 e. The highest BCUT2D eigenvalue weighted by atomic mass is 79.9. The topological polar surface area (TPSA) is 37.3 Å². The molecule has 1 aromatic rings. The average molecular weight is 356 g/mol. The zero-order chi connectivity index (χ0) is 15.2. The molecular weight excluding hydrogens is 330 g/mol. The van der Waals surface area contributed by atoms with E-state index in [4.69, 9.17) is 0 Å². The number of carbonyl (C=O) groups excluding carboxylic acids is 1. The van der Waals surface area contributed by atoms with Crippen LogP contribution in [-0.4, -0.2) is 41.1 Å². The van der Waals surface area contributed by atoms with Crippen LogP contribution in [0.5, 0.6) is 0 Å². The Hall–Kier alpha value is -0.810. The van der Waals surface area contributed by atoms with E-state index in [1.165, 1.54) is 19.3 Å². The molecule has 0 spiro atoms. The number of hydrogen-bond acceptors (Lipinski definition) is 2. The monoisotopic (exact) mass is 355 g/mol. The van der Waals surface area contributed by atoms with Gasteiger partial charge in [0.25, 0.3) is 5.91 Å². The Labute approximate surface area is 136 Å². The quantitative estimate of drug-likeness (QED) is 0.850. The van der Waals surface area contributed by atoms with Gasteiger partial charge in [-0.3, -0.25) is 9.69 Å². The fraction of sp³-hybridized carbons (Fsp3) is 0.688. The number of carbonyl (C=O) groups is 1. The summed E-state index contributed by atoms with van der Waals surface area (Å²) < 4.78 is 2.98. The number of hydrogen-bond donors (Lipinski definition) is 1. The maximum atomic E-state index is 12.4. The van der Waals surface area contributed by atoms with Gasteiger partial charge in [-0.25, -0.2) is 0 Å². The van der Waals surface area contributed by atoms with Gasteiger partial charge in [-0.2, -0.15) is 0 Å². The number of piperidine rings is 1. The fourth-order valence-electron chi connectivity index (χ4n) is 2.91. The van der Waals surface area contributed by atoms with Crippen molar-refractivity contribution in [3.05, 3.63) is 22.4 Å². The van der Waals surface area contributed by atoms with Crippen molar-refractivity contribution < 1.29 is 4.79 Å². The zero-order valence-corrected chi connectivity index (χ0v) is 14.7. The molecule has 2 heterocycles. The Kier molecular flexibility index (Phi) is 6.30. The van der Waals surface area contributed by atoms with E-state index in [0.717, 1.165) is 36.2 Å². The van der Waals surface area contributed by atoms with Crippen LogP contribution in [0, 0.1) is 0 Å². The first-order valence-corrected chi connectivity index (χ1v) is 8.79. The predicted molar refractivity (Wildman–Crippen MR) is 89.6 cm³/mol. The molecule has 0 aromatic carbocycles.